The van der Waals surface area contributed by atoms with Gasteiger partial charge in [-0.3, -0.25) is 0 Å². The molecule has 1 aliphatic carbocycles. The molecule has 4 N–H and O–H groups in total. The van der Waals surface area contributed by atoms with Crippen molar-refractivity contribution in [3.63, 3.8) is 0 Å². The standard InChI is InChI=1S/C16H31N3O4/c1-15(2,3)22-13(20)18-11-7-10(17)8-12(9-11)19-14(21)23-16(4,5)6/h10-12H,7-9,17H2,1-6H3,(H,18,20)(H,19,21)/t10-,11+,12-. The van der Waals surface area contributed by atoms with Gasteiger partial charge in [0.15, 0.2) is 0 Å². The van der Waals surface area contributed by atoms with E-state index in [0.717, 1.165) is 0 Å². The third-order valence-corrected chi connectivity index (χ3v) is 3.19. The highest BCUT2D eigenvalue weighted by atomic mass is 16.6. The zero-order chi connectivity index (χ0) is 17.8. The molecule has 1 saturated carbocycles. The van der Waals surface area contributed by atoms with Crippen LogP contribution in [0.25, 0.3) is 0 Å². The van der Waals surface area contributed by atoms with E-state index in [4.69, 9.17) is 15.2 Å². The zero-order valence-electron chi connectivity index (χ0n) is 15.1. The summed E-state index contributed by atoms with van der Waals surface area (Å²) >= 11 is 0. The lowest BCUT2D eigenvalue weighted by atomic mass is 9.87. The van der Waals surface area contributed by atoms with E-state index in [2.05, 4.69) is 10.6 Å². The highest BCUT2D eigenvalue weighted by Crippen LogP contribution is 2.19. The Morgan fingerprint density at radius 1 is 0.826 bits per heavy atom. The number of alkyl carbamates (subject to hydrolysis) is 2. The fourth-order valence-corrected chi connectivity index (χ4v) is 2.55. The Kier molecular flexibility index (Phi) is 6.27. The Labute approximate surface area is 138 Å². The van der Waals surface area contributed by atoms with Gasteiger partial charge in [-0.1, -0.05) is 0 Å². The number of carbonyl (C=O) groups is 2. The Morgan fingerprint density at radius 2 is 1.17 bits per heavy atom. The monoisotopic (exact) mass is 329 g/mol. The van der Waals surface area contributed by atoms with E-state index >= 15 is 0 Å². The van der Waals surface area contributed by atoms with Crippen LogP contribution >= 0.6 is 0 Å². The van der Waals surface area contributed by atoms with E-state index in [0.29, 0.717) is 19.3 Å². The van der Waals surface area contributed by atoms with Crippen molar-refractivity contribution >= 4 is 12.2 Å². The predicted molar refractivity (Wildman–Crippen MR) is 88.1 cm³/mol. The molecule has 0 aliphatic heterocycles. The van der Waals surface area contributed by atoms with Gasteiger partial charge in [0.1, 0.15) is 11.2 Å². The second kappa shape index (κ2) is 7.38. The molecule has 7 heteroatoms. The Bertz CT molecular complexity index is 388. The molecule has 23 heavy (non-hydrogen) atoms. The summed E-state index contributed by atoms with van der Waals surface area (Å²) in [6.45, 7) is 10.9. The molecule has 0 radical (unpaired) electrons. The summed E-state index contributed by atoms with van der Waals surface area (Å²) in [5, 5.41) is 5.65. The maximum atomic E-state index is 11.9. The van der Waals surface area contributed by atoms with Crippen LogP contribution in [0.5, 0.6) is 0 Å². The van der Waals surface area contributed by atoms with E-state index in [1.807, 2.05) is 41.5 Å². The topological polar surface area (TPSA) is 103 Å². The molecule has 3 atom stereocenters. The van der Waals surface area contributed by atoms with Crippen LogP contribution in [0.3, 0.4) is 0 Å². The second-order valence-electron chi connectivity index (χ2n) is 8.15. The second-order valence-corrected chi connectivity index (χ2v) is 8.15. The molecular weight excluding hydrogens is 298 g/mol. The molecule has 1 aliphatic rings. The van der Waals surface area contributed by atoms with Crippen molar-refractivity contribution in [2.24, 2.45) is 5.73 Å². The minimum atomic E-state index is -0.547. The number of nitrogens with two attached hydrogens (primary N) is 1. The molecule has 0 aromatic heterocycles. The van der Waals surface area contributed by atoms with E-state index in [9.17, 15) is 9.59 Å². The summed E-state index contributed by atoms with van der Waals surface area (Å²) in [5.74, 6) is 0. The number of hydrogen-bond acceptors (Lipinski definition) is 5. The van der Waals surface area contributed by atoms with Gasteiger partial charge in [-0.2, -0.15) is 0 Å². The van der Waals surface area contributed by atoms with Gasteiger partial charge in [-0.05, 0) is 60.8 Å². The summed E-state index contributed by atoms with van der Waals surface area (Å²) in [5.41, 5.74) is 4.94. The molecule has 0 saturated heterocycles. The van der Waals surface area contributed by atoms with Crippen molar-refractivity contribution in [1.29, 1.82) is 0 Å². The number of hydrogen-bond donors (Lipinski definition) is 3. The highest BCUT2D eigenvalue weighted by molar-refractivity contribution is 5.69. The molecule has 1 rings (SSSR count). The van der Waals surface area contributed by atoms with Gasteiger partial charge < -0.3 is 25.8 Å². The quantitative estimate of drug-likeness (QED) is 0.721. The number of ether oxygens (including phenoxy) is 2. The van der Waals surface area contributed by atoms with Crippen molar-refractivity contribution < 1.29 is 19.1 Å². The van der Waals surface area contributed by atoms with Gasteiger partial charge >= 0.3 is 12.2 Å². The summed E-state index contributed by atoms with van der Waals surface area (Å²) in [4.78, 5) is 23.7. The smallest absolute Gasteiger partial charge is 0.407 e. The van der Waals surface area contributed by atoms with E-state index in [1.165, 1.54) is 0 Å². The number of nitrogens with one attached hydrogen (secondary N) is 2. The number of carbonyl (C=O) groups excluding carboxylic acids is 2. The van der Waals surface area contributed by atoms with Gasteiger partial charge in [0, 0.05) is 18.1 Å². The minimum Gasteiger partial charge on any atom is -0.444 e. The van der Waals surface area contributed by atoms with Crippen molar-refractivity contribution in [3.05, 3.63) is 0 Å². The van der Waals surface area contributed by atoms with Crippen molar-refractivity contribution in [2.75, 3.05) is 0 Å². The van der Waals surface area contributed by atoms with E-state index in [1.54, 1.807) is 0 Å². The molecular formula is C16H31N3O4. The molecule has 0 spiro atoms. The number of rotatable bonds is 2. The van der Waals surface area contributed by atoms with Crippen LogP contribution in [-0.2, 0) is 9.47 Å². The lowest BCUT2D eigenvalue weighted by molar-refractivity contribution is 0.0457. The predicted octanol–water partition coefficient (Wildman–Crippen LogP) is 2.28. The zero-order valence-corrected chi connectivity index (χ0v) is 15.1. The van der Waals surface area contributed by atoms with Gasteiger partial charge in [-0.15, -0.1) is 0 Å². The summed E-state index contributed by atoms with van der Waals surface area (Å²) in [7, 11) is 0. The average Bonchev–Trinajstić information content (AvgIpc) is 2.20. The molecule has 0 bridgehead atoms. The van der Waals surface area contributed by atoms with Crippen LogP contribution in [0.15, 0.2) is 0 Å². The van der Waals surface area contributed by atoms with E-state index in [-0.39, 0.29) is 18.1 Å². The first-order chi connectivity index (χ1) is 10.3. The number of amides is 2. The average molecular weight is 329 g/mol. The Morgan fingerprint density at radius 3 is 1.48 bits per heavy atom. The van der Waals surface area contributed by atoms with Gasteiger partial charge in [-0.25, -0.2) is 9.59 Å². The summed E-state index contributed by atoms with van der Waals surface area (Å²) in [6, 6.07) is -0.356. The van der Waals surface area contributed by atoms with Gasteiger partial charge in [0.25, 0.3) is 0 Å². The van der Waals surface area contributed by atoms with Crippen LogP contribution in [0.4, 0.5) is 9.59 Å². The third kappa shape index (κ3) is 8.64. The van der Waals surface area contributed by atoms with Crippen LogP contribution < -0.4 is 16.4 Å². The summed E-state index contributed by atoms with van der Waals surface area (Å²) in [6.07, 6.45) is 0.990. The Hall–Kier alpha value is -1.50. The molecule has 2 amide bonds. The molecule has 0 aromatic carbocycles. The Balaban J connectivity index is 2.52. The maximum Gasteiger partial charge on any atom is 0.407 e. The lowest BCUT2D eigenvalue weighted by Gasteiger charge is -2.34. The third-order valence-electron chi connectivity index (χ3n) is 3.19. The fourth-order valence-electron chi connectivity index (χ4n) is 2.55. The molecule has 0 heterocycles. The molecule has 7 nitrogen and oxygen atoms in total. The SMILES string of the molecule is CC(C)(C)OC(=O)N[C@@H]1C[C@H](N)C[C@H](NC(=O)OC(C)(C)C)C1. The highest BCUT2D eigenvalue weighted by Gasteiger charge is 2.31. The molecule has 0 unspecified atom stereocenters. The first kappa shape index (κ1) is 19.5. The first-order valence-electron chi connectivity index (χ1n) is 8.08. The van der Waals surface area contributed by atoms with E-state index < -0.39 is 23.4 Å². The molecule has 134 valence electrons. The molecule has 0 aromatic rings. The van der Waals surface area contributed by atoms with Crippen LogP contribution in [0.2, 0.25) is 0 Å². The van der Waals surface area contributed by atoms with Crippen molar-refractivity contribution in [1.82, 2.24) is 10.6 Å². The first-order valence-corrected chi connectivity index (χ1v) is 8.08. The normalized spacial score (nSPS) is 25.4. The van der Waals surface area contributed by atoms with Crippen molar-refractivity contribution in [2.45, 2.75) is 90.1 Å². The fraction of sp³-hybridized carbons (Fsp3) is 0.875. The molecule has 1 fully saturated rings. The van der Waals surface area contributed by atoms with Gasteiger partial charge in [0.05, 0.1) is 0 Å². The largest absolute Gasteiger partial charge is 0.444 e. The lowest BCUT2D eigenvalue weighted by Crippen LogP contribution is -2.52. The minimum absolute atomic E-state index is 0.0939. The van der Waals surface area contributed by atoms with Crippen LogP contribution in [-0.4, -0.2) is 41.5 Å². The van der Waals surface area contributed by atoms with Crippen LogP contribution in [0, 0.1) is 0 Å². The van der Waals surface area contributed by atoms with Crippen LogP contribution in [0.1, 0.15) is 60.8 Å². The van der Waals surface area contributed by atoms with Crippen molar-refractivity contribution in [3.8, 4) is 0 Å². The van der Waals surface area contributed by atoms with Gasteiger partial charge in [0.2, 0.25) is 0 Å². The summed E-state index contributed by atoms with van der Waals surface area (Å²) < 4.78 is 10.5. The maximum absolute atomic E-state index is 11.9.